The zero-order valence-corrected chi connectivity index (χ0v) is 18.3. The Balaban J connectivity index is 1.74. The van der Waals surface area contributed by atoms with Crippen molar-refractivity contribution < 1.29 is 9.18 Å². The molecule has 0 aliphatic heterocycles. The van der Waals surface area contributed by atoms with Gasteiger partial charge in [0.05, 0.1) is 11.7 Å². The highest BCUT2D eigenvalue weighted by molar-refractivity contribution is 6.03. The number of benzene rings is 1. The van der Waals surface area contributed by atoms with Gasteiger partial charge in [-0.1, -0.05) is 20.8 Å². The number of fused-ring (bicyclic) bond motifs is 1. The normalized spacial score (nSPS) is 12.7. The number of H-pyrrole nitrogens is 1. The number of aromatic amines is 1. The predicted molar refractivity (Wildman–Crippen MR) is 125 cm³/mol. The molecule has 0 radical (unpaired) electrons. The maximum Gasteiger partial charge on any atom is 0.242 e. The van der Waals surface area contributed by atoms with Gasteiger partial charge in [-0.25, -0.2) is 9.37 Å². The molecule has 1 atom stereocenters. The predicted octanol–water partition coefficient (Wildman–Crippen LogP) is 5.13. The molecule has 164 valence electrons. The monoisotopic (exact) mass is 431 g/mol. The van der Waals surface area contributed by atoms with Crippen molar-refractivity contribution in [3.8, 4) is 22.4 Å². The van der Waals surface area contributed by atoms with Gasteiger partial charge in [0.1, 0.15) is 17.3 Å². The lowest BCUT2D eigenvalue weighted by molar-refractivity contribution is -0.118. The third kappa shape index (κ3) is 4.68. The molecule has 0 unspecified atom stereocenters. The number of carbonyl (C=O) groups is 1. The molecule has 0 bridgehead atoms. The van der Waals surface area contributed by atoms with Crippen LogP contribution in [0.2, 0.25) is 0 Å². The quantitative estimate of drug-likeness (QED) is 0.408. The summed E-state index contributed by atoms with van der Waals surface area (Å²) in [6.45, 7) is 6.13. The Bertz CT molecular complexity index is 1240. The van der Waals surface area contributed by atoms with Crippen LogP contribution in [0.3, 0.4) is 0 Å². The number of rotatable bonds is 5. The van der Waals surface area contributed by atoms with Gasteiger partial charge in [-0.05, 0) is 71.5 Å². The molecule has 3 aromatic heterocycles. The molecule has 0 aliphatic rings. The van der Waals surface area contributed by atoms with E-state index in [2.05, 4.69) is 20.3 Å². The first-order valence-electron chi connectivity index (χ1n) is 10.5. The smallest absolute Gasteiger partial charge is 0.242 e. The Morgan fingerprint density at radius 1 is 1.06 bits per heavy atom. The lowest BCUT2D eigenvalue weighted by Crippen LogP contribution is -2.38. The van der Waals surface area contributed by atoms with E-state index in [1.807, 2.05) is 39.0 Å². The Morgan fingerprint density at radius 2 is 1.75 bits per heavy atom. The van der Waals surface area contributed by atoms with E-state index in [0.717, 1.165) is 27.8 Å². The summed E-state index contributed by atoms with van der Waals surface area (Å²) in [6, 6.07) is 13.2. The summed E-state index contributed by atoms with van der Waals surface area (Å²) in [5, 5.41) is 3.70. The summed E-state index contributed by atoms with van der Waals surface area (Å²) in [6.07, 6.45) is 4.01. The zero-order valence-electron chi connectivity index (χ0n) is 18.3. The minimum absolute atomic E-state index is 0.0584. The average molecular weight is 432 g/mol. The van der Waals surface area contributed by atoms with E-state index in [1.165, 1.54) is 12.1 Å². The number of amides is 1. The number of aromatic nitrogens is 3. The van der Waals surface area contributed by atoms with Gasteiger partial charge in [-0.2, -0.15) is 0 Å². The first kappa shape index (κ1) is 21.6. The van der Waals surface area contributed by atoms with Crippen LogP contribution >= 0.6 is 0 Å². The summed E-state index contributed by atoms with van der Waals surface area (Å²) < 4.78 is 13.5. The van der Waals surface area contributed by atoms with Crippen molar-refractivity contribution in [3.63, 3.8) is 0 Å². The number of halogens is 1. The van der Waals surface area contributed by atoms with Gasteiger partial charge in [0, 0.05) is 23.3 Å². The van der Waals surface area contributed by atoms with E-state index in [9.17, 15) is 9.18 Å². The molecule has 7 heteroatoms. The molecule has 0 saturated carbocycles. The largest absolute Gasteiger partial charge is 0.339 e. The first-order chi connectivity index (χ1) is 15.2. The van der Waals surface area contributed by atoms with E-state index in [4.69, 9.17) is 5.73 Å². The molecule has 4 aromatic rings. The topological polar surface area (TPSA) is 96.7 Å². The van der Waals surface area contributed by atoms with E-state index in [-0.39, 0.29) is 17.1 Å². The van der Waals surface area contributed by atoms with Crippen molar-refractivity contribution in [2.24, 2.45) is 11.1 Å². The Morgan fingerprint density at radius 3 is 2.41 bits per heavy atom. The number of nitrogens with zero attached hydrogens (tertiary/aromatic N) is 2. The maximum atomic E-state index is 13.5. The minimum atomic E-state index is -0.627. The standard InChI is InChI=1S/C25H26FN5O/c1-25(2,3)14-19(27)24(32)30-20-9-8-18-21(15-10-12-28-13-11-15)22(31-23(18)29-20)16-4-6-17(26)7-5-16/h4-13,19H,14,27H2,1-3H3,(H2,29,30,31,32)/t19-/m0/s1. The summed E-state index contributed by atoms with van der Waals surface area (Å²) in [5.41, 5.74) is 10.2. The van der Waals surface area contributed by atoms with Gasteiger partial charge in [0.25, 0.3) is 0 Å². The lowest BCUT2D eigenvalue weighted by Gasteiger charge is -2.22. The van der Waals surface area contributed by atoms with Gasteiger partial charge in [0.2, 0.25) is 5.91 Å². The van der Waals surface area contributed by atoms with Gasteiger partial charge in [0.15, 0.2) is 0 Å². The van der Waals surface area contributed by atoms with E-state index >= 15 is 0 Å². The van der Waals surface area contributed by atoms with Crippen LogP contribution in [-0.2, 0) is 4.79 Å². The van der Waals surface area contributed by atoms with Crippen LogP contribution < -0.4 is 11.1 Å². The summed E-state index contributed by atoms with van der Waals surface area (Å²) in [5.74, 6) is -0.156. The van der Waals surface area contributed by atoms with Crippen molar-refractivity contribution in [3.05, 3.63) is 66.7 Å². The van der Waals surface area contributed by atoms with E-state index < -0.39 is 6.04 Å². The Labute approximate surface area is 186 Å². The van der Waals surface area contributed by atoms with Crippen molar-refractivity contribution in [2.45, 2.75) is 33.2 Å². The maximum absolute atomic E-state index is 13.5. The fourth-order valence-corrected chi connectivity index (χ4v) is 3.76. The van der Waals surface area contributed by atoms with Gasteiger partial charge in [-0.3, -0.25) is 9.78 Å². The minimum Gasteiger partial charge on any atom is -0.339 e. The van der Waals surface area contributed by atoms with Crippen LogP contribution in [0.25, 0.3) is 33.4 Å². The van der Waals surface area contributed by atoms with Gasteiger partial charge < -0.3 is 16.0 Å². The highest BCUT2D eigenvalue weighted by atomic mass is 19.1. The van der Waals surface area contributed by atoms with Crippen molar-refractivity contribution >= 4 is 22.8 Å². The van der Waals surface area contributed by atoms with Crippen LogP contribution in [0.1, 0.15) is 27.2 Å². The molecule has 3 heterocycles. The van der Waals surface area contributed by atoms with Crippen LogP contribution in [0.5, 0.6) is 0 Å². The summed E-state index contributed by atoms with van der Waals surface area (Å²) >= 11 is 0. The number of hydrogen-bond donors (Lipinski definition) is 3. The number of nitrogens with one attached hydrogen (secondary N) is 2. The number of hydrogen-bond acceptors (Lipinski definition) is 4. The molecule has 0 aliphatic carbocycles. The number of carbonyl (C=O) groups excluding carboxylic acids is 1. The van der Waals surface area contributed by atoms with Gasteiger partial charge in [-0.15, -0.1) is 0 Å². The van der Waals surface area contributed by atoms with Crippen molar-refractivity contribution in [1.82, 2.24) is 15.0 Å². The molecule has 0 saturated heterocycles. The van der Waals surface area contributed by atoms with E-state index in [1.54, 1.807) is 30.6 Å². The highest BCUT2D eigenvalue weighted by Crippen LogP contribution is 2.38. The molecule has 0 fully saturated rings. The fraction of sp³-hybridized carbons (Fsp3) is 0.240. The molecular formula is C25H26FN5O. The second-order valence-electron chi connectivity index (χ2n) is 9.07. The molecule has 4 rings (SSSR count). The third-order valence-electron chi connectivity index (χ3n) is 5.18. The second kappa shape index (κ2) is 8.51. The van der Waals surface area contributed by atoms with Gasteiger partial charge >= 0.3 is 0 Å². The Hall–Kier alpha value is -3.58. The second-order valence-corrected chi connectivity index (χ2v) is 9.07. The van der Waals surface area contributed by atoms with E-state index in [0.29, 0.717) is 17.9 Å². The SMILES string of the molecule is CC(C)(C)C[C@H](N)C(=O)Nc1ccc2c(-c3ccncc3)c(-c3ccc(F)cc3)[nH]c2n1. The number of nitrogens with two attached hydrogens (primary N) is 1. The molecule has 0 spiro atoms. The van der Waals surface area contributed by atoms with Crippen LogP contribution in [0, 0.1) is 11.2 Å². The summed E-state index contributed by atoms with van der Waals surface area (Å²) in [4.78, 5) is 24.6. The molecule has 1 amide bonds. The average Bonchev–Trinajstić information content (AvgIpc) is 3.12. The number of pyridine rings is 2. The zero-order chi connectivity index (χ0) is 22.9. The van der Waals surface area contributed by atoms with Crippen LogP contribution in [0.15, 0.2) is 60.9 Å². The molecular weight excluding hydrogens is 405 g/mol. The van der Waals surface area contributed by atoms with Crippen LogP contribution in [-0.4, -0.2) is 26.9 Å². The Kier molecular flexibility index (Phi) is 5.76. The third-order valence-corrected chi connectivity index (χ3v) is 5.18. The highest BCUT2D eigenvalue weighted by Gasteiger charge is 2.22. The summed E-state index contributed by atoms with van der Waals surface area (Å²) in [7, 11) is 0. The number of anilines is 1. The molecule has 6 nitrogen and oxygen atoms in total. The van der Waals surface area contributed by atoms with Crippen LogP contribution in [0.4, 0.5) is 10.2 Å². The lowest BCUT2D eigenvalue weighted by atomic mass is 9.88. The fourth-order valence-electron chi connectivity index (χ4n) is 3.76. The molecule has 4 N–H and O–H groups in total. The van der Waals surface area contributed by atoms with Crippen molar-refractivity contribution in [1.29, 1.82) is 0 Å². The molecule has 1 aromatic carbocycles. The molecule has 32 heavy (non-hydrogen) atoms. The first-order valence-corrected chi connectivity index (χ1v) is 10.5. The van der Waals surface area contributed by atoms with Crippen molar-refractivity contribution in [2.75, 3.05) is 5.32 Å².